The number of aromatic nitrogens is 1. The third kappa shape index (κ3) is 6.14. The second-order valence-corrected chi connectivity index (χ2v) is 8.44. The first-order valence-corrected chi connectivity index (χ1v) is 10.2. The molecule has 3 rings (SSSR count). The van der Waals surface area contributed by atoms with Gasteiger partial charge in [0.2, 0.25) is 5.91 Å². The van der Waals surface area contributed by atoms with E-state index in [1.165, 1.54) is 6.26 Å². The fourth-order valence-corrected chi connectivity index (χ4v) is 3.27. The van der Waals surface area contributed by atoms with Crippen molar-refractivity contribution >= 4 is 17.6 Å². The minimum absolute atomic E-state index is 0.00901. The number of hydrogen-bond donors (Lipinski definition) is 1. The van der Waals surface area contributed by atoms with E-state index in [9.17, 15) is 9.59 Å². The van der Waals surface area contributed by atoms with Crippen LogP contribution in [0.5, 0.6) is 0 Å². The van der Waals surface area contributed by atoms with Crippen molar-refractivity contribution in [2.45, 2.75) is 26.2 Å². The fraction of sp³-hybridized carbons (Fsp3) is 0.500. The summed E-state index contributed by atoms with van der Waals surface area (Å²) < 4.78 is 10.1. The number of rotatable bonds is 7. The predicted molar refractivity (Wildman–Crippen MR) is 113 cm³/mol. The van der Waals surface area contributed by atoms with Gasteiger partial charge in [0.1, 0.15) is 12.8 Å². The van der Waals surface area contributed by atoms with Crippen LogP contribution in [0.4, 0.5) is 5.82 Å². The smallest absolute Gasteiger partial charge is 0.254 e. The summed E-state index contributed by atoms with van der Waals surface area (Å²) in [5.41, 5.74) is 1.73. The summed E-state index contributed by atoms with van der Waals surface area (Å²) in [6, 6.07) is 9.18. The van der Waals surface area contributed by atoms with E-state index in [2.05, 4.69) is 36.1 Å². The first-order chi connectivity index (χ1) is 14.3. The fourth-order valence-electron chi connectivity index (χ4n) is 3.27. The molecule has 0 spiro atoms. The number of benzene rings is 1. The Kier molecular flexibility index (Phi) is 7.23. The van der Waals surface area contributed by atoms with Crippen LogP contribution in [-0.2, 0) is 14.9 Å². The van der Waals surface area contributed by atoms with Crippen LogP contribution in [0.25, 0.3) is 0 Å². The minimum atomic E-state index is -0.314. The van der Waals surface area contributed by atoms with Crippen LogP contribution in [0.1, 0.15) is 36.7 Å². The Morgan fingerprint density at radius 1 is 1.13 bits per heavy atom. The molecule has 0 bridgehead atoms. The van der Waals surface area contributed by atoms with Gasteiger partial charge in [0.15, 0.2) is 5.82 Å². The van der Waals surface area contributed by atoms with Gasteiger partial charge in [-0.2, -0.15) is 0 Å². The van der Waals surface area contributed by atoms with E-state index in [1.54, 1.807) is 11.0 Å². The van der Waals surface area contributed by atoms with Gasteiger partial charge in [0.25, 0.3) is 5.91 Å². The third-order valence-electron chi connectivity index (χ3n) is 5.11. The Morgan fingerprint density at radius 2 is 1.83 bits per heavy atom. The first-order valence-electron chi connectivity index (χ1n) is 10.2. The topological polar surface area (TPSA) is 87.9 Å². The molecule has 0 atom stereocenters. The second kappa shape index (κ2) is 9.86. The quantitative estimate of drug-likeness (QED) is 0.749. The van der Waals surface area contributed by atoms with Crippen LogP contribution in [0.3, 0.4) is 0 Å². The summed E-state index contributed by atoms with van der Waals surface area (Å²) in [5.74, 6) is -0.153. The molecule has 2 aromatic rings. The van der Waals surface area contributed by atoms with Crippen molar-refractivity contribution in [3.63, 3.8) is 0 Å². The van der Waals surface area contributed by atoms with Crippen molar-refractivity contribution in [2.75, 3.05) is 51.3 Å². The van der Waals surface area contributed by atoms with E-state index >= 15 is 0 Å². The summed E-state index contributed by atoms with van der Waals surface area (Å²) >= 11 is 0. The number of carbonyl (C=O) groups excluding carboxylic acids is 2. The SMILES string of the molecule is CC(C)(C)c1ccc(C(=O)N(CCN2CCOCC2)CC(=O)Nc2ccon2)cc1. The highest BCUT2D eigenvalue weighted by Gasteiger charge is 2.22. The molecule has 2 heterocycles. The maximum absolute atomic E-state index is 13.2. The van der Waals surface area contributed by atoms with Gasteiger partial charge in [-0.1, -0.05) is 38.1 Å². The molecule has 0 saturated carbocycles. The van der Waals surface area contributed by atoms with Gasteiger partial charge in [-0.3, -0.25) is 14.5 Å². The van der Waals surface area contributed by atoms with Crippen molar-refractivity contribution in [2.24, 2.45) is 0 Å². The van der Waals surface area contributed by atoms with Gasteiger partial charge < -0.3 is 19.5 Å². The molecule has 30 heavy (non-hydrogen) atoms. The maximum Gasteiger partial charge on any atom is 0.254 e. The summed E-state index contributed by atoms with van der Waals surface area (Å²) in [5, 5.41) is 6.34. The molecule has 1 saturated heterocycles. The number of morpholine rings is 1. The van der Waals surface area contributed by atoms with E-state index in [0.29, 0.717) is 37.7 Å². The normalized spacial score (nSPS) is 15.0. The molecular formula is C22H30N4O4. The van der Waals surface area contributed by atoms with Gasteiger partial charge in [0, 0.05) is 37.8 Å². The van der Waals surface area contributed by atoms with E-state index in [4.69, 9.17) is 9.26 Å². The predicted octanol–water partition coefficient (Wildman–Crippen LogP) is 2.39. The highest BCUT2D eigenvalue weighted by Crippen LogP contribution is 2.22. The monoisotopic (exact) mass is 414 g/mol. The van der Waals surface area contributed by atoms with Gasteiger partial charge in [0.05, 0.1) is 13.2 Å². The highest BCUT2D eigenvalue weighted by atomic mass is 16.5. The molecular weight excluding hydrogens is 384 g/mol. The van der Waals surface area contributed by atoms with Crippen LogP contribution in [0, 0.1) is 0 Å². The van der Waals surface area contributed by atoms with E-state index in [1.807, 2.05) is 24.3 Å². The Balaban J connectivity index is 1.69. The summed E-state index contributed by atoms with van der Waals surface area (Å²) in [6.45, 7) is 10.5. The van der Waals surface area contributed by atoms with Crippen molar-refractivity contribution in [3.8, 4) is 0 Å². The lowest BCUT2D eigenvalue weighted by Crippen LogP contribution is -2.45. The second-order valence-electron chi connectivity index (χ2n) is 8.44. The van der Waals surface area contributed by atoms with Crippen LogP contribution in [-0.4, -0.2) is 72.7 Å². The third-order valence-corrected chi connectivity index (χ3v) is 5.11. The molecule has 8 nitrogen and oxygen atoms in total. The van der Waals surface area contributed by atoms with E-state index in [0.717, 1.165) is 18.7 Å². The zero-order chi connectivity index (χ0) is 21.6. The van der Waals surface area contributed by atoms with Crippen LogP contribution >= 0.6 is 0 Å². The van der Waals surface area contributed by atoms with Crippen LogP contribution in [0.15, 0.2) is 41.1 Å². The van der Waals surface area contributed by atoms with Gasteiger partial charge in [-0.15, -0.1) is 0 Å². The summed E-state index contributed by atoms with van der Waals surface area (Å²) in [7, 11) is 0. The molecule has 8 heteroatoms. The molecule has 1 aromatic carbocycles. The molecule has 1 aromatic heterocycles. The number of carbonyl (C=O) groups is 2. The van der Waals surface area contributed by atoms with E-state index in [-0.39, 0.29) is 23.8 Å². The highest BCUT2D eigenvalue weighted by molar-refractivity contribution is 5.99. The number of anilines is 1. The summed E-state index contributed by atoms with van der Waals surface area (Å²) in [4.78, 5) is 29.5. The lowest BCUT2D eigenvalue weighted by molar-refractivity contribution is -0.117. The number of ether oxygens (including phenoxy) is 1. The Labute approximate surface area is 177 Å². The van der Waals surface area contributed by atoms with Gasteiger partial charge >= 0.3 is 0 Å². The minimum Gasteiger partial charge on any atom is -0.379 e. The summed E-state index contributed by atoms with van der Waals surface area (Å²) in [6.07, 6.45) is 1.38. The Hall–Kier alpha value is -2.71. The van der Waals surface area contributed by atoms with Gasteiger partial charge in [-0.25, -0.2) is 0 Å². The lowest BCUT2D eigenvalue weighted by Gasteiger charge is -2.30. The number of nitrogens with zero attached hydrogens (tertiary/aromatic N) is 3. The molecule has 162 valence electrons. The average Bonchev–Trinajstić information content (AvgIpc) is 3.23. The average molecular weight is 415 g/mol. The Morgan fingerprint density at radius 3 is 2.43 bits per heavy atom. The number of nitrogens with one attached hydrogen (secondary N) is 1. The van der Waals surface area contributed by atoms with Crippen LogP contribution in [0.2, 0.25) is 0 Å². The lowest BCUT2D eigenvalue weighted by atomic mass is 9.86. The largest absolute Gasteiger partial charge is 0.379 e. The van der Waals surface area contributed by atoms with Gasteiger partial charge in [-0.05, 0) is 23.1 Å². The molecule has 0 unspecified atom stereocenters. The van der Waals surface area contributed by atoms with Crippen molar-refractivity contribution < 1.29 is 18.8 Å². The van der Waals surface area contributed by atoms with Crippen molar-refractivity contribution in [1.29, 1.82) is 0 Å². The maximum atomic E-state index is 13.2. The standard InChI is InChI=1S/C22H30N4O4/c1-22(2,3)18-6-4-17(5-7-18)21(28)26(10-9-25-11-14-29-15-12-25)16-20(27)23-19-8-13-30-24-19/h4-8,13H,9-12,14-16H2,1-3H3,(H,23,24,27). The van der Waals surface area contributed by atoms with Crippen molar-refractivity contribution in [1.82, 2.24) is 15.0 Å². The molecule has 0 radical (unpaired) electrons. The molecule has 1 aliphatic heterocycles. The zero-order valence-electron chi connectivity index (χ0n) is 17.9. The molecule has 1 fully saturated rings. The first kappa shape index (κ1) is 22.0. The van der Waals surface area contributed by atoms with Crippen molar-refractivity contribution in [3.05, 3.63) is 47.7 Å². The number of amides is 2. The van der Waals surface area contributed by atoms with E-state index < -0.39 is 0 Å². The molecule has 0 aliphatic carbocycles. The zero-order valence-corrected chi connectivity index (χ0v) is 17.9. The number of hydrogen-bond acceptors (Lipinski definition) is 6. The van der Waals surface area contributed by atoms with Crippen LogP contribution < -0.4 is 5.32 Å². The molecule has 2 amide bonds. The molecule has 1 aliphatic rings. The molecule has 1 N–H and O–H groups in total. The Bertz CT molecular complexity index is 822.